The third-order valence-electron chi connectivity index (χ3n) is 2.65. The van der Waals surface area contributed by atoms with Gasteiger partial charge in [0.25, 0.3) is 5.91 Å². The quantitative estimate of drug-likeness (QED) is 0.481. The topological polar surface area (TPSA) is 136 Å². The van der Waals surface area contributed by atoms with Crippen LogP contribution in [0.15, 0.2) is 24.3 Å². The van der Waals surface area contributed by atoms with Gasteiger partial charge in [0.05, 0.1) is 0 Å². The van der Waals surface area contributed by atoms with Crippen molar-refractivity contribution >= 4 is 23.8 Å². The minimum atomic E-state index is -1.10. The van der Waals surface area contributed by atoms with E-state index in [-0.39, 0.29) is 24.2 Å². The van der Waals surface area contributed by atoms with Gasteiger partial charge >= 0.3 is 11.9 Å². The standard InChI is InChI=1S/C14H16N2O6/c1-8(17)22-10-4-2-3-9(7-10)14(21)16-11(13(15)20)5-6-12(18)19/h2-4,7,11H,5-6H2,1H3,(H2,15,20)(H,16,21)(H,18,19)/t11-/m0/s1. The average Bonchev–Trinajstić information content (AvgIpc) is 2.42. The number of hydrogen-bond donors (Lipinski definition) is 3. The summed E-state index contributed by atoms with van der Waals surface area (Å²) in [5.41, 5.74) is 5.28. The molecule has 4 N–H and O–H groups in total. The fourth-order valence-corrected chi connectivity index (χ4v) is 1.66. The maximum atomic E-state index is 12.0. The van der Waals surface area contributed by atoms with Crippen LogP contribution in [0.1, 0.15) is 30.1 Å². The molecule has 0 fully saturated rings. The number of carboxylic acids is 1. The summed E-state index contributed by atoms with van der Waals surface area (Å²) in [5, 5.41) is 11.0. The molecule has 0 aliphatic carbocycles. The Morgan fingerprint density at radius 2 is 2.00 bits per heavy atom. The second-order valence-corrected chi connectivity index (χ2v) is 4.48. The monoisotopic (exact) mass is 308 g/mol. The first-order valence-electron chi connectivity index (χ1n) is 6.40. The number of aliphatic carboxylic acids is 1. The lowest BCUT2D eigenvalue weighted by Gasteiger charge is -2.14. The van der Waals surface area contributed by atoms with E-state index in [1.165, 1.54) is 31.2 Å². The van der Waals surface area contributed by atoms with Gasteiger partial charge in [0.15, 0.2) is 0 Å². The summed E-state index contributed by atoms with van der Waals surface area (Å²) in [6.07, 6.45) is -0.415. The molecule has 0 heterocycles. The van der Waals surface area contributed by atoms with E-state index in [4.69, 9.17) is 15.6 Å². The van der Waals surface area contributed by atoms with Gasteiger partial charge in [-0.2, -0.15) is 0 Å². The Labute approximate surface area is 126 Å². The van der Waals surface area contributed by atoms with Crippen LogP contribution in [-0.2, 0) is 14.4 Å². The van der Waals surface area contributed by atoms with Crippen LogP contribution in [0.25, 0.3) is 0 Å². The van der Waals surface area contributed by atoms with Gasteiger partial charge < -0.3 is 20.9 Å². The Bertz CT molecular complexity index is 599. The van der Waals surface area contributed by atoms with Crippen LogP contribution in [0.2, 0.25) is 0 Å². The first-order valence-corrected chi connectivity index (χ1v) is 6.40. The number of primary amides is 1. The Morgan fingerprint density at radius 1 is 1.32 bits per heavy atom. The van der Waals surface area contributed by atoms with Gasteiger partial charge in [0.1, 0.15) is 11.8 Å². The molecule has 8 nitrogen and oxygen atoms in total. The van der Waals surface area contributed by atoms with Gasteiger partial charge in [0, 0.05) is 18.9 Å². The fraction of sp³-hybridized carbons (Fsp3) is 0.286. The number of amides is 2. The van der Waals surface area contributed by atoms with Crippen molar-refractivity contribution < 1.29 is 29.0 Å². The van der Waals surface area contributed by atoms with Crippen LogP contribution in [0.4, 0.5) is 0 Å². The number of esters is 1. The molecule has 0 aliphatic rings. The Balaban J connectivity index is 2.79. The third kappa shape index (κ3) is 5.61. The summed E-state index contributed by atoms with van der Waals surface area (Å²) in [6, 6.07) is 4.68. The van der Waals surface area contributed by atoms with Crippen molar-refractivity contribution in [3.63, 3.8) is 0 Å². The highest BCUT2D eigenvalue weighted by Gasteiger charge is 2.20. The Hall–Kier alpha value is -2.90. The van der Waals surface area contributed by atoms with Crippen molar-refractivity contribution in [3.05, 3.63) is 29.8 Å². The van der Waals surface area contributed by atoms with Gasteiger partial charge in [-0.05, 0) is 24.6 Å². The molecular formula is C14H16N2O6. The van der Waals surface area contributed by atoms with E-state index in [9.17, 15) is 19.2 Å². The summed E-state index contributed by atoms with van der Waals surface area (Å²) >= 11 is 0. The third-order valence-corrected chi connectivity index (χ3v) is 2.65. The fourth-order valence-electron chi connectivity index (χ4n) is 1.66. The van der Waals surface area contributed by atoms with Crippen molar-refractivity contribution in [1.82, 2.24) is 5.32 Å². The number of nitrogens with one attached hydrogen (secondary N) is 1. The minimum absolute atomic E-state index is 0.111. The molecule has 8 heteroatoms. The van der Waals surface area contributed by atoms with E-state index >= 15 is 0 Å². The van der Waals surface area contributed by atoms with Crippen molar-refractivity contribution in [2.24, 2.45) is 5.73 Å². The predicted molar refractivity (Wildman–Crippen MR) is 75.1 cm³/mol. The van der Waals surface area contributed by atoms with E-state index in [0.717, 1.165) is 0 Å². The number of benzene rings is 1. The lowest BCUT2D eigenvalue weighted by atomic mass is 10.1. The number of carbonyl (C=O) groups excluding carboxylic acids is 3. The highest BCUT2D eigenvalue weighted by molar-refractivity contribution is 5.97. The number of ether oxygens (including phenoxy) is 1. The number of rotatable bonds is 7. The van der Waals surface area contributed by atoms with Crippen molar-refractivity contribution in [2.45, 2.75) is 25.8 Å². The van der Waals surface area contributed by atoms with Crippen LogP contribution in [-0.4, -0.2) is 34.9 Å². The van der Waals surface area contributed by atoms with Gasteiger partial charge in [-0.25, -0.2) is 0 Å². The highest BCUT2D eigenvalue weighted by Crippen LogP contribution is 2.14. The summed E-state index contributed by atoms with van der Waals surface area (Å²) in [5.74, 6) is -2.90. The van der Waals surface area contributed by atoms with Gasteiger partial charge in [-0.1, -0.05) is 6.07 Å². The molecule has 1 aromatic carbocycles. The second-order valence-electron chi connectivity index (χ2n) is 4.48. The zero-order valence-electron chi connectivity index (χ0n) is 11.9. The first-order chi connectivity index (χ1) is 10.3. The van der Waals surface area contributed by atoms with Crippen LogP contribution in [0.3, 0.4) is 0 Å². The lowest BCUT2D eigenvalue weighted by Crippen LogP contribution is -2.44. The van der Waals surface area contributed by atoms with Gasteiger partial charge in [-0.3, -0.25) is 19.2 Å². The molecule has 0 bridgehead atoms. The first kappa shape index (κ1) is 17.2. The normalized spacial score (nSPS) is 11.3. The zero-order valence-corrected chi connectivity index (χ0v) is 11.9. The maximum absolute atomic E-state index is 12.0. The molecule has 1 rings (SSSR count). The largest absolute Gasteiger partial charge is 0.481 e. The maximum Gasteiger partial charge on any atom is 0.308 e. The minimum Gasteiger partial charge on any atom is -0.481 e. The van der Waals surface area contributed by atoms with Crippen LogP contribution in [0, 0.1) is 0 Å². The van der Waals surface area contributed by atoms with Crippen molar-refractivity contribution in [1.29, 1.82) is 0 Å². The molecule has 0 saturated carbocycles. The summed E-state index contributed by atoms with van der Waals surface area (Å²) in [6.45, 7) is 1.22. The molecule has 0 radical (unpaired) electrons. The van der Waals surface area contributed by atoms with Gasteiger partial charge in [-0.15, -0.1) is 0 Å². The molecule has 0 spiro atoms. The number of hydrogen-bond acceptors (Lipinski definition) is 5. The van der Waals surface area contributed by atoms with E-state index in [0.29, 0.717) is 0 Å². The molecule has 0 aliphatic heterocycles. The molecule has 0 saturated heterocycles. The number of nitrogens with two attached hydrogens (primary N) is 1. The lowest BCUT2D eigenvalue weighted by molar-refractivity contribution is -0.137. The van der Waals surface area contributed by atoms with E-state index in [1.807, 2.05) is 0 Å². The number of carbonyl (C=O) groups is 4. The molecule has 22 heavy (non-hydrogen) atoms. The van der Waals surface area contributed by atoms with Gasteiger partial charge in [0.2, 0.25) is 5.91 Å². The molecule has 1 atom stereocenters. The Morgan fingerprint density at radius 3 is 2.55 bits per heavy atom. The molecule has 0 aromatic heterocycles. The van der Waals surface area contributed by atoms with Crippen molar-refractivity contribution in [2.75, 3.05) is 0 Å². The van der Waals surface area contributed by atoms with Crippen molar-refractivity contribution in [3.8, 4) is 5.75 Å². The summed E-state index contributed by atoms with van der Waals surface area (Å²) < 4.78 is 4.85. The molecule has 1 aromatic rings. The molecular weight excluding hydrogens is 292 g/mol. The smallest absolute Gasteiger partial charge is 0.308 e. The van der Waals surface area contributed by atoms with Crippen LogP contribution in [0.5, 0.6) is 5.75 Å². The second kappa shape index (κ2) is 7.77. The SMILES string of the molecule is CC(=O)Oc1cccc(C(=O)N[C@@H](CCC(=O)O)C(N)=O)c1. The van der Waals surface area contributed by atoms with E-state index in [2.05, 4.69) is 5.32 Å². The van der Waals surface area contributed by atoms with Crippen LogP contribution < -0.4 is 15.8 Å². The van der Waals surface area contributed by atoms with E-state index < -0.39 is 29.8 Å². The summed E-state index contributed by atoms with van der Waals surface area (Å²) in [7, 11) is 0. The van der Waals surface area contributed by atoms with Crippen LogP contribution >= 0.6 is 0 Å². The molecule has 118 valence electrons. The average molecular weight is 308 g/mol. The van der Waals surface area contributed by atoms with E-state index in [1.54, 1.807) is 0 Å². The zero-order chi connectivity index (χ0) is 16.7. The summed E-state index contributed by atoms with van der Waals surface area (Å²) in [4.78, 5) is 44.7. The molecule has 2 amide bonds. The predicted octanol–water partition coefficient (Wildman–Crippen LogP) is 0.0604. The number of carboxylic acid groups (broad SMARTS) is 1. The highest BCUT2D eigenvalue weighted by atomic mass is 16.5. The molecule has 0 unspecified atom stereocenters. The Kier molecular flexibility index (Phi) is 6.06.